The van der Waals surface area contributed by atoms with E-state index in [-0.39, 0.29) is 12.1 Å². The second-order valence-corrected chi connectivity index (χ2v) is 13.9. The number of hydrogen-bond donors (Lipinski definition) is 1. The van der Waals surface area contributed by atoms with Crippen molar-refractivity contribution in [3.8, 4) is 0 Å². The molecule has 3 nitrogen and oxygen atoms in total. The Labute approximate surface area is 177 Å². The van der Waals surface area contributed by atoms with Crippen molar-refractivity contribution in [2.45, 2.75) is 0 Å². The van der Waals surface area contributed by atoms with Crippen molar-refractivity contribution in [1.82, 2.24) is 10.2 Å². The number of nitrogens with zero attached hydrogens (tertiary/aromatic N) is 1. The van der Waals surface area contributed by atoms with Crippen LogP contribution in [0.4, 0.5) is 0 Å². The third kappa shape index (κ3) is 3.59. The quantitative estimate of drug-likeness (QED) is 0.638. The van der Waals surface area contributed by atoms with E-state index in [1.807, 2.05) is 59.5 Å². The maximum atomic E-state index is 13.6. The predicted molar refractivity (Wildman–Crippen MR) is 125 cm³/mol. The molecule has 1 aliphatic rings. The molecule has 150 valence electrons. The number of amides is 1. The van der Waals surface area contributed by atoms with Gasteiger partial charge in [-0.15, -0.1) is 0 Å². The van der Waals surface area contributed by atoms with Crippen molar-refractivity contribution >= 4 is 39.0 Å². The standard InChI is InChI=1S/C24H26ClN2OP/c25-29(21-10-4-1-5-11-21,22-12-6-2-7-13-22,23-14-8-3-9-15-23)20-24(28)27-18-16-26-17-19-27/h1-15,26H,16-20H2. The zero-order valence-electron chi connectivity index (χ0n) is 16.4. The number of carbonyl (C=O) groups is 1. The van der Waals surface area contributed by atoms with E-state index in [0.717, 1.165) is 42.1 Å². The molecule has 1 aliphatic heterocycles. The summed E-state index contributed by atoms with van der Waals surface area (Å²) in [5, 5.41) is 6.41. The SMILES string of the molecule is O=C(CP(Cl)(c1ccccc1)(c1ccccc1)c1ccccc1)N1CCNCC1. The molecule has 0 radical (unpaired) electrons. The van der Waals surface area contributed by atoms with Gasteiger partial charge in [-0.2, -0.15) is 0 Å². The number of carbonyl (C=O) groups excluding carboxylic acids is 1. The average molecular weight is 425 g/mol. The van der Waals surface area contributed by atoms with Crippen LogP contribution in [-0.2, 0) is 4.79 Å². The van der Waals surface area contributed by atoms with Crippen molar-refractivity contribution in [3.63, 3.8) is 0 Å². The average Bonchev–Trinajstić information content (AvgIpc) is 2.81. The Hall–Kier alpha value is -2.19. The van der Waals surface area contributed by atoms with Crippen molar-refractivity contribution in [2.75, 3.05) is 32.3 Å². The molecule has 3 aromatic carbocycles. The second-order valence-electron chi connectivity index (χ2n) is 7.48. The normalized spacial score (nSPS) is 16.0. The Kier molecular flexibility index (Phi) is 5.74. The van der Waals surface area contributed by atoms with E-state index >= 15 is 0 Å². The summed E-state index contributed by atoms with van der Waals surface area (Å²) in [7, 11) is 0. The number of piperazine rings is 1. The van der Waals surface area contributed by atoms with Crippen LogP contribution in [0.5, 0.6) is 0 Å². The Morgan fingerprint density at radius 3 is 1.52 bits per heavy atom. The maximum absolute atomic E-state index is 13.6. The summed E-state index contributed by atoms with van der Waals surface area (Å²) in [6.07, 6.45) is 0.283. The van der Waals surface area contributed by atoms with Crippen LogP contribution in [0.15, 0.2) is 91.0 Å². The van der Waals surface area contributed by atoms with Gasteiger partial charge in [0.25, 0.3) is 0 Å². The molecular formula is C24H26ClN2OP. The first kappa shape index (κ1) is 20.1. The molecule has 0 spiro atoms. The first-order valence-electron chi connectivity index (χ1n) is 10.0. The van der Waals surface area contributed by atoms with E-state index in [0.29, 0.717) is 0 Å². The summed E-state index contributed by atoms with van der Waals surface area (Å²) in [5.41, 5.74) is 0. The molecule has 0 bridgehead atoms. The van der Waals surface area contributed by atoms with Gasteiger partial charge < -0.3 is 0 Å². The van der Waals surface area contributed by atoms with Gasteiger partial charge in [-0.05, 0) is 0 Å². The minimum atomic E-state index is -3.53. The third-order valence-electron chi connectivity index (χ3n) is 5.79. The molecule has 5 heteroatoms. The molecule has 4 rings (SSSR count). The van der Waals surface area contributed by atoms with Crippen LogP contribution in [-0.4, -0.2) is 43.1 Å². The third-order valence-corrected chi connectivity index (χ3v) is 12.9. The van der Waals surface area contributed by atoms with Gasteiger partial charge in [-0.25, -0.2) is 0 Å². The van der Waals surface area contributed by atoms with E-state index in [9.17, 15) is 4.79 Å². The summed E-state index contributed by atoms with van der Waals surface area (Å²) < 4.78 is 0. The Bertz CT molecular complexity index is 861. The van der Waals surface area contributed by atoms with E-state index in [4.69, 9.17) is 11.2 Å². The topological polar surface area (TPSA) is 32.3 Å². The van der Waals surface area contributed by atoms with E-state index in [1.165, 1.54) is 0 Å². The fraction of sp³-hybridized carbons (Fsp3) is 0.208. The van der Waals surface area contributed by atoms with Gasteiger partial charge >= 0.3 is 177 Å². The van der Waals surface area contributed by atoms with E-state index < -0.39 is 5.96 Å². The number of rotatable bonds is 5. The van der Waals surface area contributed by atoms with Crippen LogP contribution in [0.3, 0.4) is 0 Å². The number of benzene rings is 3. The van der Waals surface area contributed by atoms with Gasteiger partial charge in [0.2, 0.25) is 0 Å². The molecule has 1 fully saturated rings. The first-order valence-corrected chi connectivity index (χ1v) is 13.3. The van der Waals surface area contributed by atoms with E-state index in [2.05, 4.69) is 41.7 Å². The van der Waals surface area contributed by atoms with Crippen LogP contribution in [0.2, 0.25) is 0 Å². The molecule has 0 atom stereocenters. The molecule has 0 aromatic heterocycles. The molecule has 0 saturated carbocycles. The molecular weight excluding hydrogens is 399 g/mol. The predicted octanol–water partition coefficient (Wildman–Crippen LogP) is 3.10. The molecule has 29 heavy (non-hydrogen) atoms. The van der Waals surface area contributed by atoms with Crippen LogP contribution in [0.25, 0.3) is 0 Å². The zero-order chi connectivity index (χ0) is 20.2. The number of halogens is 1. The zero-order valence-corrected chi connectivity index (χ0v) is 18.0. The fourth-order valence-corrected chi connectivity index (χ4v) is 10.1. The Balaban J connectivity index is 1.95. The molecule has 0 aliphatic carbocycles. The van der Waals surface area contributed by atoms with Gasteiger partial charge in [-0.1, -0.05) is 0 Å². The van der Waals surface area contributed by atoms with Crippen molar-refractivity contribution in [1.29, 1.82) is 0 Å². The van der Waals surface area contributed by atoms with Crippen molar-refractivity contribution < 1.29 is 4.79 Å². The molecule has 1 N–H and O–H groups in total. The van der Waals surface area contributed by atoms with Crippen LogP contribution >= 0.6 is 17.2 Å². The van der Waals surface area contributed by atoms with Crippen LogP contribution < -0.4 is 21.2 Å². The summed E-state index contributed by atoms with van der Waals surface area (Å²) >= 11 is 7.96. The first-order chi connectivity index (χ1) is 14.1. The van der Waals surface area contributed by atoms with Crippen LogP contribution in [0, 0.1) is 0 Å². The van der Waals surface area contributed by atoms with Crippen molar-refractivity contribution in [2.24, 2.45) is 0 Å². The van der Waals surface area contributed by atoms with Gasteiger partial charge in [0.05, 0.1) is 0 Å². The summed E-state index contributed by atoms with van der Waals surface area (Å²) in [6, 6.07) is 30.5. The monoisotopic (exact) mass is 424 g/mol. The summed E-state index contributed by atoms with van der Waals surface area (Å²) in [6.45, 7) is 3.10. The molecule has 1 heterocycles. The Morgan fingerprint density at radius 2 is 1.14 bits per heavy atom. The molecule has 0 unspecified atom stereocenters. The van der Waals surface area contributed by atoms with Gasteiger partial charge in [0, 0.05) is 0 Å². The van der Waals surface area contributed by atoms with Gasteiger partial charge in [0.1, 0.15) is 0 Å². The fourth-order valence-electron chi connectivity index (χ4n) is 4.21. The minimum absolute atomic E-state index is 0.121. The van der Waals surface area contributed by atoms with Gasteiger partial charge in [-0.3, -0.25) is 0 Å². The van der Waals surface area contributed by atoms with E-state index in [1.54, 1.807) is 0 Å². The summed E-state index contributed by atoms with van der Waals surface area (Å²) in [4.78, 5) is 15.5. The number of hydrogen-bond acceptors (Lipinski definition) is 2. The van der Waals surface area contributed by atoms with Gasteiger partial charge in [0.15, 0.2) is 0 Å². The van der Waals surface area contributed by atoms with Crippen molar-refractivity contribution in [3.05, 3.63) is 91.0 Å². The number of nitrogens with one attached hydrogen (secondary N) is 1. The second kappa shape index (κ2) is 8.28. The molecule has 1 saturated heterocycles. The Morgan fingerprint density at radius 1 is 0.759 bits per heavy atom. The molecule has 1 amide bonds. The molecule has 3 aromatic rings. The van der Waals surface area contributed by atoms with Crippen LogP contribution in [0.1, 0.15) is 0 Å². The summed E-state index contributed by atoms with van der Waals surface area (Å²) in [5.74, 6) is -3.41.